The number of carbonyl (C=O) groups excluding carboxylic acids is 1. The summed E-state index contributed by atoms with van der Waals surface area (Å²) in [4.78, 5) is 19.1. The highest BCUT2D eigenvalue weighted by molar-refractivity contribution is 7.89. The Hall–Kier alpha value is -3.22. The van der Waals surface area contributed by atoms with Crippen molar-refractivity contribution < 1.29 is 30.8 Å². The molecule has 1 amide bonds. The van der Waals surface area contributed by atoms with Gasteiger partial charge in [0.15, 0.2) is 5.13 Å². The Labute approximate surface area is 222 Å². The van der Waals surface area contributed by atoms with Crippen molar-refractivity contribution >= 4 is 42.6 Å². The largest absolute Gasteiger partial charge is 0.467 e. The second kappa shape index (κ2) is 11.3. The highest BCUT2D eigenvalue weighted by atomic mass is 32.2. The Morgan fingerprint density at radius 3 is 2.26 bits per heavy atom. The van der Waals surface area contributed by atoms with E-state index in [1.165, 1.54) is 51.9 Å². The zero-order chi connectivity index (χ0) is 27.5. The number of hydrogen-bond donors (Lipinski definition) is 0. The van der Waals surface area contributed by atoms with Gasteiger partial charge >= 0.3 is 6.18 Å². The molecule has 202 valence electrons. The summed E-state index contributed by atoms with van der Waals surface area (Å²) in [5, 5.41) is 0.0619. The summed E-state index contributed by atoms with van der Waals surface area (Å²) in [6.45, 7) is 4.48. The number of rotatable bonds is 10. The van der Waals surface area contributed by atoms with Gasteiger partial charge in [-0.2, -0.15) is 17.5 Å². The van der Waals surface area contributed by atoms with Gasteiger partial charge in [-0.25, -0.2) is 13.4 Å². The van der Waals surface area contributed by atoms with E-state index in [0.29, 0.717) is 31.7 Å². The van der Waals surface area contributed by atoms with Crippen molar-refractivity contribution in [2.24, 2.45) is 0 Å². The van der Waals surface area contributed by atoms with Crippen LogP contribution in [0.1, 0.15) is 48.4 Å². The molecule has 38 heavy (non-hydrogen) atoms. The number of hydrogen-bond acceptors (Lipinski definition) is 6. The molecule has 0 saturated heterocycles. The lowest BCUT2D eigenvalue weighted by molar-refractivity contribution is -0.136. The Morgan fingerprint density at radius 2 is 1.68 bits per heavy atom. The van der Waals surface area contributed by atoms with Crippen molar-refractivity contribution in [3.8, 4) is 0 Å². The number of anilines is 1. The predicted molar refractivity (Wildman–Crippen MR) is 140 cm³/mol. The minimum absolute atomic E-state index is 0.0586. The monoisotopic (exact) mass is 565 g/mol. The third-order valence-corrected chi connectivity index (χ3v) is 8.72. The number of halogens is 3. The first-order chi connectivity index (χ1) is 18.1. The van der Waals surface area contributed by atoms with Crippen molar-refractivity contribution in [3.63, 3.8) is 0 Å². The molecule has 0 unspecified atom stereocenters. The number of aromatic nitrogens is 1. The summed E-state index contributed by atoms with van der Waals surface area (Å²) >= 11 is 0.953. The molecule has 0 atom stereocenters. The summed E-state index contributed by atoms with van der Waals surface area (Å²) in [5.41, 5.74) is -0.977. The standard InChI is InChI=1S/C26H26F3N3O4S2/c1-3-14-31(15-4-2)38(34,35)20-12-10-18(11-13-20)24(33)32(17-19-7-6-16-36-19)25-30-23-21(26(27,28)29)8-5-9-22(23)37-25/h5-13,16H,3-4,14-15,17H2,1-2H3. The van der Waals surface area contributed by atoms with Crippen molar-refractivity contribution in [2.45, 2.75) is 44.3 Å². The van der Waals surface area contributed by atoms with Gasteiger partial charge in [0.05, 0.1) is 33.5 Å². The Kier molecular flexibility index (Phi) is 8.24. The molecular weight excluding hydrogens is 539 g/mol. The van der Waals surface area contributed by atoms with Gasteiger partial charge < -0.3 is 4.42 Å². The summed E-state index contributed by atoms with van der Waals surface area (Å²) < 4.78 is 73.9. The summed E-state index contributed by atoms with van der Waals surface area (Å²) in [5.74, 6) is -0.153. The second-order valence-corrected chi connectivity index (χ2v) is 11.5. The van der Waals surface area contributed by atoms with E-state index in [4.69, 9.17) is 4.42 Å². The summed E-state index contributed by atoms with van der Waals surface area (Å²) in [6, 6.07) is 12.6. The van der Waals surface area contributed by atoms with Gasteiger partial charge in [0.2, 0.25) is 10.0 Å². The van der Waals surface area contributed by atoms with Crippen LogP contribution in [0.25, 0.3) is 10.2 Å². The van der Waals surface area contributed by atoms with Crippen LogP contribution in [0, 0.1) is 0 Å². The smallest absolute Gasteiger partial charge is 0.418 e. The van der Waals surface area contributed by atoms with Gasteiger partial charge in [0, 0.05) is 18.7 Å². The van der Waals surface area contributed by atoms with Crippen LogP contribution in [-0.4, -0.2) is 36.7 Å². The highest BCUT2D eigenvalue weighted by Gasteiger charge is 2.34. The number of furan rings is 1. The van der Waals surface area contributed by atoms with Crippen LogP contribution in [-0.2, 0) is 22.7 Å². The maximum atomic E-state index is 13.6. The third-order valence-electron chi connectivity index (χ3n) is 5.77. The molecule has 0 N–H and O–H groups in total. The minimum Gasteiger partial charge on any atom is -0.467 e. The molecule has 7 nitrogen and oxygen atoms in total. The van der Waals surface area contributed by atoms with Crippen molar-refractivity contribution in [1.29, 1.82) is 0 Å². The van der Waals surface area contributed by atoms with Gasteiger partial charge in [0.1, 0.15) is 5.76 Å². The first-order valence-corrected chi connectivity index (χ1v) is 14.2. The Morgan fingerprint density at radius 1 is 1.00 bits per heavy atom. The second-order valence-electron chi connectivity index (χ2n) is 8.55. The molecule has 0 saturated carbocycles. The third kappa shape index (κ3) is 5.77. The van der Waals surface area contributed by atoms with Crippen LogP contribution in [0.3, 0.4) is 0 Å². The van der Waals surface area contributed by atoms with E-state index < -0.39 is 27.7 Å². The van der Waals surface area contributed by atoms with Crippen molar-refractivity contribution in [3.05, 3.63) is 77.7 Å². The van der Waals surface area contributed by atoms with Gasteiger partial charge in [0.25, 0.3) is 5.91 Å². The number of para-hydroxylation sites is 1. The quantitative estimate of drug-likeness (QED) is 0.217. The SMILES string of the molecule is CCCN(CCC)S(=O)(=O)c1ccc(C(=O)N(Cc2ccco2)c2nc3c(C(F)(F)F)cccc3s2)cc1. The molecule has 0 fully saturated rings. The number of thiazole rings is 1. The van der Waals surface area contributed by atoms with Crippen LogP contribution in [0.5, 0.6) is 0 Å². The van der Waals surface area contributed by atoms with Gasteiger partial charge in [-0.15, -0.1) is 0 Å². The minimum atomic E-state index is -4.61. The normalized spacial score (nSPS) is 12.4. The molecule has 0 aliphatic carbocycles. The first-order valence-electron chi connectivity index (χ1n) is 12.0. The number of nitrogens with zero attached hydrogens (tertiary/aromatic N) is 3. The number of sulfonamides is 1. The number of carbonyl (C=O) groups is 1. The highest BCUT2D eigenvalue weighted by Crippen LogP contribution is 2.39. The molecule has 0 radical (unpaired) electrons. The molecule has 2 aromatic heterocycles. The van der Waals surface area contributed by atoms with Gasteiger partial charge in [-0.05, 0) is 61.4 Å². The molecular formula is C26H26F3N3O4S2. The first kappa shape index (κ1) is 27.8. The topological polar surface area (TPSA) is 83.7 Å². The van der Waals surface area contributed by atoms with E-state index in [0.717, 1.165) is 17.4 Å². The van der Waals surface area contributed by atoms with Crippen LogP contribution >= 0.6 is 11.3 Å². The molecule has 0 aliphatic rings. The maximum Gasteiger partial charge on any atom is 0.418 e. The summed E-state index contributed by atoms with van der Waals surface area (Å²) in [6.07, 6.45) is -1.85. The fourth-order valence-corrected chi connectivity index (χ4v) is 6.61. The maximum absolute atomic E-state index is 13.6. The van der Waals surface area contributed by atoms with Crippen molar-refractivity contribution in [1.82, 2.24) is 9.29 Å². The molecule has 0 spiro atoms. The summed E-state index contributed by atoms with van der Waals surface area (Å²) in [7, 11) is -3.74. The molecule has 12 heteroatoms. The lowest BCUT2D eigenvalue weighted by Crippen LogP contribution is -2.33. The van der Waals surface area contributed by atoms with Gasteiger partial charge in [-0.1, -0.05) is 31.3 Å². The van der Waals surface area contributed by atoms with Crippen LogP contribution in [0.4, 0.5) is 18.3 Å². The van der Waals surface area contributed by atoms with E-state index >= 15 is 0 Å². The van der Waals surface area contributed by atoms with Crippen LogP contribution in [0.2, 0.25) is 0 Å². The molecule has 2 heterocycles. The number of amides is 1. The lowest BCUT2D eigenvalue weighted by Gasteiger charge is -2.21. The van der Waals surface area contributed by atoms with Crippen molar-refractivity contribution in [2.75, 3.05) is 18.0 Å². The number of fused-ring (bicyclic) bond motifs is 1. The molecule has 0 aliphatic heterocycles. The molecule has 0 bridgehead atoms. The Balaban J connectivity index is 1.71. The number of benzene rings is 2. The van der Waals surface area contributed by atoms with E-state index in [2.05, 4.69) is 4.98 Å². The zero-order valence-electron chi connectivity index (χ0n) is 20.7. The fraction of sp³-hybridized carbons (Fsp3) is 0.308. The van der Waals surface area contributed by atoms with Crippen LogP contribution in [0.15, 0.2) is 70.2 Å². The van der Waals surface area contributed by atoms with E-state index in [9.17, 15) is 26.4 Å². The van der Waals surface area contributed by atoms with E-state index in [1.807, 2.05) is 13.8 Å². The number of alkyl halides is 3. The van der Waals surface area contributed by atoms with Crippen LogP contribution < -0.4 is 4.90 Å². The molecule has 2 aromatic carbocycles. The van der Waals surface area contributed by atoms with E-state index in [1.54, 1.807) is 12.1 Å². The average molecular weight is 566 g/mol. The molecule has 4 aromatic rings. The zero-order valence-corrected chi connectivity index (χ0v) is 22.4. The average Bonchev–Trinajstić information content (AvgIpc) is 3.55. The molecule has 4 rings (SSSR count). The predicted octanol–water partition coefficient (Wildman–Crippen LogP) is 6.57. The van der Waals surface area contributed by atoms with E-state index in [-0.39, 0.29) is 32.4 Å². The Bertz CT molecular complexity index is 1490. The van der Waals surface area contributed by atoms with Gasteiger partial charge in [-0.3, -0.25) is 9.69 Å². The lowest BCUT2D eigenvalue weighted by atomic mass is 10.2. The fourth-order valence-electron chi connectivity index (χ4n) is 3.99.